The zero-order valence-electron chi connectivity index (χ0n) is 15.6. The Hall–Kier alpha value is -2.27. The second-order valence-electron chi connectivity index (χ2n) is 7.56. The molecule has 1 saturated heterocycles. The molecule has 1 saturated carbocycles. The van der Waals surface area contributed by atoms with Crippen molar-refractivity contribution in [2.24, 2.45) is 5.92 Å². The van der Waals surface area contributed by atoms with E-state index in [1.165, 1.54) is 5.56 Å². The molecule has 0 aromatic heterocycles. The molecule has 0 spiro atoms. The third-order valence-corrected chi connectivity index (χ3v) is 6.31. The fourth-order valence-corrected chi connectivity index (χ4v) is 4.50. The normalized spacial score (nSPS) is 19.6. The van der Waals surface area contributed by atoms with Crippen molar-refractivity contribution in [1.29, 1.82) is 0 Å². The number of carbonyl (C=O) groups excluding carboxylic acids is 2. The van der Waals surface area contributed by atoms with E-state index in [1.54, 1.807) is 11.8 Å². The third-order valence-electron chi connectivity index (χ3n) is 5.09. The SMILES string of the molecule is CC(C)c1ccc(N2C(=O)CS[C@@H]2c2cccc(NC(=O)C3CC3)c2)cc1. The van der Waals surface area contributed by atoms with Gasteiger partial charge in [0.2, 0.25) is 11.8 Å². The van der Waals surface area contributed by atoms with Crippen LogP contribution in [0.4, 0.5) is 11.4 Å². The van der Waals surface area contributed by atoms with Gasteiger partial charge in [-0.25, -0.2) is 0 Å². The van der Waals surface area contributed by atoms with Crippen LogP contribution in [0.25, 0.3) is 0 Å². The molecular weight excluding hydrogens is 356 g/mol. The topological polar surface area (TPSA) is 49.4 Å². The number of carbonyl (C=O) groups is 2. The molecule has 4 rings (SSSR count). The minimum atomic E-state index is -0.0693. The zero-order valence-corrected chi connectivity index (χ0v) is 16.5. The van der Waals surface area contributed by atoms with Crippen molar-refractivity contribution in [1.82, 2.24) is 0 Å². The van der Waals surface area contributed by atoms with Gasteiger partial charge < -0.3 is 5.32 Å². The van der Waals surface area contributed by atoms with Crippen molar-refractivity contribution in [3.05, 3.63) is 59.7 Å². The fourth-order valence-electron chi connectivity index (χ4n) is 3.33. The number of thioether (sulfide) groups is 1. The van der Waals surface area contributed by atoms with E-state index in [4.69, 9.17) is 0 Å². The smallest absolute Gasteiger partial charge is 0.238 e. The maximum absolute atomic E-state index is 12.6. The van der Waals surface area contributed by atoms with Gasteiger partial charge in [-0.05, 0) is 54.2 Å². The number of nitrogens with one attached hydrogen (secondary N) is 1. The first-order chi connectivity index (χ1) is 13.0. The van der Waals surface area contributed by atoms with Gasteiger partial charge >= 0.3 is 0 Å². The van der Waals surface area contributed by atoms with Gasteiger partial charge in [-0.2, -0.15) is 0 Å². The van der Waals surface area contributed by atoms with Gasteiger partial charge in [0, 0.05) is 17.3 Å². The highest BCUT2D eigenvalue weighted by molar-refractivity contribution is 8.00. The Kier molecular flexibility index (Phi) is 4.96. The average molecular weight is 381 g/mol. The van der Waals surface area contributed by atoms with Gasteiger partial charge in [-0.1, -0.05) is 38.1 Å². The molecule has 4 nitrogen and oxygen atoms in total. The van der Waals surface area contributed by atoms with E-state index in [2.05, 4.69) is 31.3 Å². The van der Waals surface area contributed by atoms with E-state index in [1.807, 2.05) is 41.3 Å². The van der Waals surface area contributed by atoms with Gasteiger partial charge in [0.05, 0.1) is 5.75 Å². The molecule has 1 heterocycles. The number of benzene rings is 2. The van der Waals surface area contributed by atoms with Crippen LogP contribution in [-0.4, -0.2) is 17.6 Å². The molecule has 140 valence electrons. The highest BCUT2D eigenvalue weighted by Gasteiger charge is 2.34. The van der Waals surface area contributed by atoms with Crippen LogP contribution in [0, 0.1) is 5.92 Å². The standard InChI is InChI=1S/C22H24N2O2S/c1-14(2)15-8-10-19(11-9-15)24-20(25)13-27-22(24)17-4-3-5-18(12-17)23-21(26)16-6-7-16/h3-5,8-12,14,16,22H,6-7,13H2,1-2H3,(H,23,26)/t22-/m1/s1. The Balaban J connectivity index is 1.58. The molecule has 0 bridgehead atoms. The Morgan fingerprint density at radius 3 is 2.56 bits per heavy atom. The Morgan fingerprint density at radius 1 is 1.15 bits per heavy atom. The molecule has 2 amide bonds. The van der Waals surface area contributed by atoms with E-state index >= 15 is 0 Å². The lowest BCUT2D eigenvalue weighted by Gasteiger charge is -2.25. The van der Waals surface area contributed by atoms with Gasteiger partial charge in [0.25, 0.3) is 0 Å². The molecule has 2 fully saturated rings. The third kappa shape index (κ3) is 3.88. The summed E-state index contributed by atoms with van der Waals surface area (Å²) in [6.45, 7) is 4.33. The first kappa shape index (κ1) is 18.1. The predicted octanol–water partition coefficient (Wildman–Crippen LogP) is 4.94. The summed E-state index contributed by atoms with van der Waals surface area (Å²) in [6.07, 6.45) is 1.97. The van der Waals surface area contributed by atoms with Crippen molar-refractivity contribution in [3.63, 3.8) is 0 Å². The zero-order chi connectivity index (χ0) is 19.0. The maximum atomic E-state index is 12.6. The van der Waals surface area contributed by atoms with Crippen LogP contribution in [0.2, 0.25) is 0 Å². The fraction of sp³-hybridized carbons (Fsp3) is 0.364. The summed E-state index contributed by atoms with van der Waals surface area (Å²) in [5, 5.41) is 2.93. The first-order valence-electron chi connectivity index (χ1n) is 9.47. The van der Waals surface area contributed by atoms with Gasteiger partial charge in [-0.3, -0.25) is 14.5 Å². The van der Waals surface area contributed by atoms with Crippen LogP contribution in [0.15, 0.2) is 48.5 Å². The number of hydrogen-bond acceptors (Lipinski definition) is 3. The maximum Gasteiger partial charge on any atom is 0.238 e. The summed E-state index contributed by atoms with van der Waals surface area (Å²) < 4.78 is 0. The van der Waals surface area contributed by atoms with Crippen LogP contribution in [0.3, 0.4) is 0 Å². The molecule has 2 aromatic carbocycles. The highest BCUT2D eigenvalue weighted by atomic mass is 32.2. The number of hydrogen-bond donors (Lipinski definition) is 1. The van der Waals surface area contributed by atoms with Crippen LogP contribution >= 0.6 is 11.8 Å². The lowest BCUT2D eigenvalue weighted by atomic mass is 10.0. The van der Waals surface area contributed by atoms with Crippen molar-refractivity contribution < 1.29 is 9.59 Å². The second kappa shape index (κ2) is 7.39. The van der Waals surface area contributed by atoms with Crippen molar-refractivity contribution in [2.75, 3.05) is 16.0 Å². The Labute approximate surface area is 164 Å². The molecule has 0 radical (unpaired) electrons. The molecule has 2 aliphatic rings. The summed E-state index contributed by atoms with van der Waals surface area (Å²) in [6, 6.07) is 16.1. The van der Waals surface area contributed by atoms with E-state index in [-0.39, 0.29) is 23.1 Å². The Morgan fingerprint density at radius 2 is 1.89 bits per heavy atom. The first-order valence-corrected chi connectivity index (χ1v) is 10.5. The van der Waals surface area contributed by atoms with Crippen LogP contribution < -0.4 is 10.2 Å². The van der Waals surface area contributed by atoms with E-state index in [0.29, 0.717) is 11.7 Å². The number of anilines is 2. The van der Waals surface area contributed by atoms with E-state index < -0.39 is 0 Å². The minimum absolute atomic E-state index is 0.0693. The molecule has 0 unspecified atom stereocenters. The van der Waals surface area contributed by atoms with Crippen molar-refractivity contribution in [2.45, 2.75) is 38.0 Å². The van der Waals surface area contributed by atoms with Crippen LogP contribution in [0.1, 0.15) is 49.1 Å². The largest absolute Gasteiger partial charge is 0.326 e. The van der Waals surface area contributed by atoms with E-state index in [0.717, 1.165) is 29.8 Å². The summed E-state index contributed by atoms with van der Waals surface area (Å²) in [4.78, 5) is 26.5. The van der Waals surface area contributed by atoms with Gasteiger partial charge in [0.1, 0.15) is 5.37 Å². The lowest BCUT2D eigenvalue weighted by molar-refractivity contribution is -0.117. The molecule has 1 atom stereocenters. The van der Waals surface area contributed by atoms with Crippen LogP contribution in [-0.2, 0) is 9.59 Å². The second-order valence-corrected chi connectivity index (χ2v) is 8.63. The highest BCUT2D eigenvalue weighted by Crippen LogP contribution is 2.42. The monoisotopic (exact) mass is 380 g/mol. The molecule has 1 aliphatic carbocycles. The van der Waals surface area contributed by atoms with E-state index in [9.17, 15) is 9.59 Å². The quantitative estimate of drug-likeness (QED) is 0.799. The molecule has 27 heavy (non-hydrogen) atoms. The molecule has 1 aliphatic heterocycles. The van der Waals surface area contributed by atoms with Gasteiger partial charge in [-0.15, -0.1) is 11.8 Å². The molecule has 5 heteroatoms. The summed E-state index contributed by atoms with van der Waals surface area (Å²) in [5.74, 6) is 1.32. The number of rotatable bonds is 5. The number of amides is 2. The minimum Gasteiger partial charge on any atom is -0.326 e. The molecule has 1 N–H and O–H groups in total. The van der Waals surface area contributed by atoms with Crippen molar-refractivity contribution >= 4 is 35.0 Å². The summed E-state index contributed by atoms with van der Waals surface area (Å²) in [5.41, 5.74) is 4.03. The van der Waals surface area contributed by atoms with Gasteiger partial charge in [0.15, 0.2) is 0 Å². The molecular formula is C22H24N2O2S. The Bertz CT molecular complexity index is 859. The van der Waals surface area contributed by atoms with Crippen molar-refractivity contribution in [3.8, 4) is 0 Å². The lowest BCUT2D eigenvalue weighted by Crippen LogP contribution is -2.27. The van der Waals surface area contributed by atoms with Crippen LogP contribution in [0.5, 0.6) is 0 Å². The average Bonchev–Trinajstić information content (AvgIpc) is 3.44. The summed E-state index contributed by atoms with van der Waals surface area (Å²) >= 11 is 1.63. The molecule has 2 aromatic rings. The summed E-state index contributed by atoms with van der Waals surface area (Å²) in [7, 11) is 0. The number of nitrogens with zero attached hydrogens (tertiary/aromatic N) is 1. The predicted molar refractivity (Wildman–Crippen MR) is 111 cm³/mol.